The molecule has 0 radical (unpaired) electrons. The first kappa shape index (κ1) is 12.6. The highest BCUT2D eigenvalue weighted by atomic mass is 16.5. The fraction of sp³-hybridized carbons (Fsp3) is 0.357. The molecule has 4 nitrogen and oxygen atoms in total. The van der Waals surface area contributed by atoms with Crippen LogP contribution in [0.3, 0.4) is 0 Å². The number of rotatable bonds is 6. The van der Waals surface area contributed by atoms with E-state index in [9.17, 15) is 0 Å². The molecular formula is C14H19N3O. The lowest BCUT2D eigenvalue weighted by molar-refractivity contribution is 0.391. The molecule has 1 aromatic carbocycles. The minimum absolute atomic E-state index is 0.223. The third-order valence-corrected chi connectivity index (χ3v) is 2.92. The second kappa shape index (κ2) is 6.21. The average Bonchev–Trinajstić information content (AvgIpc) is 2.91. The van der Waals surface area contributed by atoms with Crippen molar-refractivity contribution in [2.24, 2.45) is 0 Å². The maximum Gasteiger partial charge on any atom is 0.123 e. The molecule has 2 rings (SSSR count). The second-order valence-corrected chi connectivity index (χ2v) is 4.11. The van der Waals surface area contributed by atoms with E-state index in [0.717, 1.165) is 18.8 Å². The Hall–Kier alpha value is -1.81. The van der Waals surface area contributed by atoms with Gasteiger partial charge in [-0.1, -0.05) is 25.1 Å². The Bertz CT molecular complexity index is 468. The van der Waals surface area contributed by atoms with Crippen LogP contribution in [0, 0.1) is 0 Å². The minimum Gasteiger partial charge on any atom is -0.496 e. The minimum atomic E-state index is 0.223. The average molecular weight is 245 g/mol. The van der Waals surface area contributed by atoms with Gasteiger partial charge in [-0.25, -0.2) is 4.98 Å². The molecule has 0 aliphatic rings. The number of imidazole rings is 1. The lowest BCUT2D eigenvalue weighted by atomic mass is 10.1. The van der Waals surface area contributed by atoms with Gasteiger partial charge in [0, 0.05) is 24.5 Å². The largest absolute Gasteiger partial charge is 0.496 e. The lowest BCUT2D eigenvalue weighted by Crippen LogP contribution is -2.25. The van der Waals surface area contributed by atoms with Gasteiger partial charge in [0.15, 0.2) is 0 Å². The van der Waals surface area contributed by atoms with Crippen LogP contribution in [0.2, 0.25) is 0 Å². The van der Waals surface area contributed by atoms with E-state index < -0.39 is 0 Å². The Morgan fingerprint density at radius 1 is 1.39 bits per heavy atom. The van der Waals surface area contributed by atoms with E-state index in [1.165, 1.54) is 5.56 Å². The summed E-state index contributed by atoms with van der Waals surface area (Å²) in [6, 6.07) is 8.34. The second-order valence-electron chi connectivity index (χ2n) is 4.11. The standard InChI is InChI=1S/C14H19N3O/c1-3-16-13(10-17-9-8-15-11-17)12-6-4-5-7-14(12)18-2/h4-9,11,13,16H,3,10H2,1-2H3. The normalized spacial score (nSPS) is 12.3. The summed E-state index contributed by atoms with van der Waals surface area (Å²) < 4.78 is 7.50. The highest BCUT2D eigenvalue weighted by Crippen LogP contribution is 2.25. The molecule has 0 fully saturated rings. The SMILES string of the molecule is CCNC(Cn1ccnc1)c1ccccc1OC. The summed E-state index contributed by atoms with van der Waals surface area (Å²) in [5.41, 5.74) is 1.18. The molecule has 0 bridgehead atoms. The van der Waals surface area contributed by atoms with Crippen molar-refractivity contribution in [3.63, 3.8) is 0 Å². The number of hydrogen-bond acceptors (Lipinski definition) is 3. The Morgan fingerprint density at radius 3 is 2.89 bits per heavy atom. The van der Waals surface area contributed by atoms with E-state index in [-0.39, 0.29) is 6.04 Å². The van der Waals surface area contributed by atoms with Crippen LogP contribution in [0.5, 0.6) is 5.75 Å². The molecule has 1 aromatic heterocycles. The quantitative estimate of drug-likeness (QED) is 0.848. The summed E-state index contributed by atoms with van der Waals surface area (Å²) in [5.74, 6) is 0.920. The molecule has 18 heavy (non-hydrogen) atoms. The van der Waals surface area contributed by atoms with Gasteiger partial charge in [-0.05, 0) is 12.6 Å². The molecule has 0 aliphatic heterocycles. The van der Waals surface area contributed by atoms with Crippen molar-refractivity contribution in [3.8, 4) is 5.75 Å². The van der Waals surface area contributed by atoms with E-state index in [0.29, 0.717) is 0 Å². The molecule has 1 heterocycles. The van der Waals surface area contributed by atoms with Crippen LogP contribution in [0.4, 0.5) is 0 Å². The fourth-order valence-corrected chi connectivity index (χ4v) is 2.08. The van der Waals surface area contributed by atoms with Crippen molar-refractivity contribution < 1.29 is 4.74 Å². The van der Waals surface area contributed by atoms with Crippen molar-refractivity contribution in [2.45, 2.75) is 19.5 Å². The number of benzene rings is 1. The van der Waals surface area contributed by atoms with Crippen LogP contribution < -0.4 is 10.1 Å². The highest BCUT2D eigenvalue weighted by Gasteiger charge is 2.14. The predicted molar refractivity (Wildman–Crippen MR) is 71.6 cm³/mol. The number of ether oxygens (including phenoxy) is 1. The number of aromatic nitrogens is 2. The zero-order valence-electron chi connectivity index (χ0n) is 10.8. The van der Waals surface area contributed by atoms with Crippen molar-refractivity contribution >= 4 is 0 Å². The third kappa shape index (κ3) is 2.90. The molecular weight excluding hydrogens is 226 g/mol. The zero-order valence-corrected chi connectivity index (χ0v) is 10.8. The van der Waals surface area contributed by atoms with Crippen LogP contribution in [0.1, 0.15) is 18.5 Å². The molecule has 1 unspecified atom stereocenters. The van der Waals surface area contributed by atoms with Gasteiger partial charge >= 0.3 is 0 Å². The van der Waals surface area contributed by atoms with Crippen LogP contribution in [0.15, 0.2) is 43.0 Å². The van der Waals surface area contributed by atoms with Gasteiger partial charge in [-0.2, -0.15) is 0 Å². The summed E-state index contributed by atoms with van der Waals surface area (Å²) in [6.45, 7) is 3.86. The Labute approximate surface area is 108 Å². The van der Waals surface area contributed by atoms with Gasteiger partial charge in [0.1, 0.15) is 5.75 Å². The number of nitrogens with zero attached hydrogens (tertiary/aromatic N) is 2. The molecule has 4 heteroatoms. The molecule has 0 spiro atoms. The van der Waals surface area contributed by atoms with E-state index in [2.05, 4.69) is 27.9 Å². The number of likely N-dealkylation sites (N-methyl/N-ethyl adjacent to an activating group) is 1. The van der Waals surface area contributed by atoms with Crippen LogP contribution in [-0.4, -0.2) is 23.2 Å². The topological polar surface area (TPSA) is 39.1 Å². The van der Waals surface area contributed by atoms with Crippen molar-refractivity contribution in [2.75, 3.05) is 13.7 Å². The van der Waals surface area contributed by atoms with E-state index in [1.807, 2.05) is 30.7 Å². The molecule has 0 saturated heterocycles. The maximum atomic E-state index is 5.43. The molecule has 1 N–H and O–H groups in total. The summed E-state index contributed by atoms with van der Waals surface area (Å²) in [7, 11) is 1.71. The van der Waals surface area contributed by atoms with E-state index in [4.69, 9.17) is 4.74 Å². The molecule has 0 amide bonds. The Morgan fingerprint density at radius 2 is 2.22 bits per heavy atom. The first-order valence-electron chi connectivity index (χ1n) is 6.17. The summed E-state index contributed by atoms with van der Waals surface area (Å²) in [6.07, 6.45) is 5.60. The number of hydrogen-bond donors (Lipinski definition) is 1. The molecule has 1 atom stereocenters. The van der Waals surface area contributed by atoms with Gasteiger partial charge in [-0.3, -0.25) is 0 Å². The number of para-hydroxylation sites is 1. The van der Waals surface area contributed by atoms with Gasteiger partial charge in [0.2, 0.25) is 0 Å². The third-order valence-electron chi connectivity index (χ3n) is 2.92. The van der Waals surface area contributed by atoms with E-state index >= 15 is 0 Å². The number of nitrogens with one attached hydrogen (secondary N) is 1. The van der Waals surface area contributed by atoms with Crippen molar-refractivity contribution in [1.82, 2.24) is 14.9 Å². The Kier molecular flexibility index (Phi) is 4.36. The fourth-order valence-electron chi connectivity index (χ4n) is 2.08. The number of methoxy groups -OCH3 is 1. The summed E-state index contributed by atoms with van der Waals surface area (Å²) in [4.78, 5) is 4.08. The molecule has 0 saturated carbocycles. The van der Waals surface area contributed by atoms with Crippen molar-refractivity contribution in [3.05, 3.63) is 48.5 Å². The summed E-state index contributed by atoms with van der Waals surface area (Å²) in [5, 5.41) is 3.48. The van der Waals surface area contributed by atoms with Gasteiger partial charge in [-0.15, -0.1) is 0 Å². The monoisotopic (exact) mass is 245 g/mol. The van der Waals surface area contributed by atoms with E-state index in [1.54, 1.807) is 13.3 Å². The summed E-state index contributed by atoms with van der Waals surface area (Å²) >= 11 is 0. The Balaban J connectivity index is 2.23. The molecule has 0 aliphatic carbocycles. The van der Waals surface area contributed by atoms with Crippen LogP contribution >= 0.6 is 0 Å². The first-order valence-corrected chi connectivity index (χ1v) is 6.17. The van der Waals surface area contributed by atoms with Crippen LogP contribution in [0.25, 0.3) is 0 Å². The lowest BCUT2D eigenvalue weighted by Gasteiger charge is -2.21. The maximum absolute atomic E-state index is 5.43. The van der Waals surface area contributed by atoms with Crippen LogP contribution in [-0.2, 0) is 6.54 Å². The predicted octanol–water partition coefficient (Wildman–Crippen LogP) is 2.24. The smallest absolute Gasteiger partial charge is 0.123 e. The highest BCUT2D eigenvalue weighted by molar-refractivity contribution is 5.35. The van der Waals surface area contributed by atoms with Gasteiger partial charge in [0.25, 0.3) is 0 Å². The molecule has 2 aromatic rings. The zero-order chi connectivity index (χ0) is 12.8. The first-order chi connectivity index (χ1) is 8.85. The van der Waals surface area contributed by atoms with Gasteiger partial charge < -0.3 is 14.6 Å². The van der Waals surface area contributed by atoms with Gasteiger partial charge in [0.05, 0.1) is 19.5 Å². The van der Waals surface area contributed by atoms with Crippen molar-refractivity contribution in [1.29, 1.82) is 0 Å². The molecule has 96 valence electrons.